The molecular weight excluding hydrogens is 240 g/mol. The van der Waals surface area contributed by atoms with Gasteiger partial charge in [0.25, 0.3) is 5.91 Å². The summed E-state index contributed by atoms with van der Waals surface area (Å²) < 4.78 is 0. The van der Waals surface area contributed by atoms with Crippen LogP contribution in [-0.2, 0) is 4.79 Å². The maximum absolute atomic E-state index is 11.8. The number of aromatic amines is 1. The highest BCUT2D eigenvalue weighted by Crippen LogP contribution is 2.14. The monoisotopic (exact) mass is 252 g/mol. The Morgan fingerprint density at radius 3 is 2.68 bits per heavy atom. The molecule has 5 nitrogen and oxygen atoms in total. The summed E-state index contributed by atoms with van der Waals surface area (Å²) in [6, 6.07) is 13.4. The number of nitrogens with zero attached hydrogens (tertiary/aromatic N) is 1. The van der Waals surface area contributed by atoms with Crippen molar-refractivity contribution >= 4 is 23.5 Å². The van der Waals surface area contributed by atoms with Crippen LogP contribution in [0.15, 0.2) is 59.3 Å². The van der Waals surface area contributed by atoms with E-state index in [1.165, 1.54) is 0 Å². The number of para-hydroxylation sites is 1. The fourth-order valence-corrected chi connectivity index (χ4v) is 1.81. The minimum atomic E-state index is -0.215. The Kier molecular flexibility index (Phi) is 2.86. The van der Waals surface area contributed by atoms with E-state index in [1.54, 1.807) is 12.3 Å². The standard InChI is InChI=1S/C14H12N4O/c19-14-12(9-11-7-4-8-15-11)13(17-18-14)16-10-5-2-1-3-6-10/h1-9,15H,(H,16,17)(H,18,19). The Bertz CT molecular complexity index is 641. The Hall–Kier alpha value is -2.82. The van der Waals surface area contributed by atoms with Crippen LogP contribution in [0.5, 0.6) is 0 Å². The molecule has 0 aliphatic carbocycles. The predicted octanol–water partition coefficient (Wildman–Crippen LogP) is 1.95. The molecule has 2 heterocycles. The number of H-pyrrole nitrogens is 1. The van der Waals surface area contributed by atoms with E-state index in [0.717, 1.165) is 11.4 Å². The Morgan fingerprint density at radius 1 is 1.11 bits per heavy atom. The van der Waals surface area contributed by atoms with Gasteiger partial charge in [0.1, 0.15) is 0 Å². The number of aromatic nitrogens is 1. The van der Waals surface area contributed by atoms with E-state index in [0.29, 0.717) is 11.4 Å². The minimum absolute atomic E-state index is 0.215. The zero-order chi connectivity index (χ0) is 13.1. The van der Waals surface area contributed by atoms with Gasteiger partial charge in [-0.3, -0.25) is 4.79 Å². The number of amidine groups is 1. The van der Waals surface area contributed by atoms with Gasteiger partial charge in [-0.05, 0) is 30.3 Å². The van der Waals surface area contributed by atoms with Crippen LogP contribution in [0.4, 0.5) is 5.69 Å². The van der Waals surface area contributed by atoms with Crippen LogP contribution in [0, 0.1) is 0 Å². The van der Waals surface area contributed by atoms with Gasteiger partial charge < -0.3 is 10.3 Å². The van der Waals surface area contributed by atoms with Gasteiger partial charge in [0.15, 0.2) is 5.84 Å². The van der Waals surface area contributed by atoms with E-state index in [4.69, 9.17) is 0 Å². The lowest BCUT2D eigenvalue weighted by Crippen LogP contribution is -2.17. The summed E-state index contributed by atoms with van der Waals surface area (Å²) >= 11 is 0. The van der Waals surface area contributed by atoms with Crippen molar-refractivity contribution in [1.29, 1.82) is 0 Å². The summed E-state index contributed by atoms with van der Waals surface area (Å²) in [5.74, 6) is 0.304. The Morgan fingerprint density at radius 2 is 1.95 bits per heavy atom. The third-order valence-electron chi connectivity index (χ3n) is 2.73. The van der Waals surface area contributed by atoms with Gasteiger partial charge in [-0.25, -0.2) is 5.43 Å². The molecule has 0 unspecified atom stereocenters. The quantitative estimate of drug-likeness (QED) is 0.715. The number of nitrogens with one attached hydrogen (secondary N) is 3. The smallest absolute Gasteiger partial charge is 0.275 e. The van der Waals surface area contributed by atoms with Crippen LogP contribution in [-0.4, -0.2) is 16.7 Å². The molecule has 0 bridgehead atoms. The number of carbonyl (C=O) groups is 1. The number of anilines is 1. The third-order valence-corrected chi connectivity index (χ3v) is 2.73. The van der Waals surface area contributed by atoms with Crippen LogP contribution in [0.2, 0.25) is 0 Å². The second-order valence-corrected chi connectivity index (χ2v) is 4.08. The van der Waals surface area contributed by atoms with Crippen molar-refractivity contribution in [3.63, 3.8) is 0 Å². The summed E-state index contributed by atoms with van der Waals surface area (Å²) in [6.07, 6.45) is 3.57. The molecule has 19 heavy (non-hydrogen) atoms. The zero-order valence-corrected chi connectivity index (χ0v) is 10.1. The summed E-state index contributed by atoms with van der Waals surface area (Å²) in [4.78, 5) is 14.8. The maximum Gasteiger partial charge on any atom is 0.275 e. The molecule has 0 saturated carbocycles. The number of hydrogen-bond acceptors (Lipinski definition) is 3. The number of hydrogen-bond donors (Lipinski definition) is 3. The largest absolute Gasteiger partial charge is 0.362 e. The highest BCUT2D eigenvalue weighted by atomic mass is 16.2. The summed E-state index contributed by atoms with van der Waals surface area (Å²) in [6.45, 7) is 0. The average molecular weight is 252 g/mol. The van der Waals surface area contributed by atoms with E-state index in [2.05, 4.69) is 20.8 Å². The molecule has 0 fully saturated rings. The maximum atomic E-state index is 11.8. The SMILES string of the molecule is O=C1NN=C(Nc2ccccc2)C1=Cc1ccc[nH]1. The van der Waals surface area contributed by atoms with Crippen molar-refractivity contribution in [2.24, 2.45) is 5.10 Å². The van der Waals surface area contributed by atoms with Crippen molar-refractivity contribution in [3.05, 3.63) is 59.9 Å². The molecule has 1 aromatic heterocycles. The first-order valence-corrected chi connectivity index (χ1v) is 5.88. The van der Waals surface area contributed by atoms with Gasteiger partial charge >= 0.3 is 0 Å². The van der Waals surface area contributed by atoms with Crippen LogP contribution in [0.3, 0.4) is 0 Å². The van der Waals surface area contributed by atoms with Crippen LogP contribution in [0.1, 0.15) is 5.69 Å². The lowest BCUT2D eigenvalue weighted by atomic mass is 10.2. The normalized spacial score (nSPS) is 16.3. The predicted molar refractivity (Wildman–Crippen MR) is 74.4 cm³/mol. The lowest BCUT2D eigenvalue weighted by molar-refractivity contribution is -0.116. The number of rotatable bonds is 2. The number of benzene rings is 1. The number of carbonyl (C=O) groups excluding carboxylic acids is 1. The highest BCUT2D eigenvalue weighted by molar-refractivity contribution is 6.30. The topological polar surface area (TPSA) is 69.3 Å². The molecular formula is C14H12N4O. The molecule has 2 aromatic rings. The van der Waals surface area contributed by atoms with Gasteiger partial charge in [-0.15, -0.1) is 0 Å². The van der Waals surface area contributed by atoms with E-state index in [1.807, 2.05) is 42.5 Å². The fraction of sp³-hybridized carbons (Fsp3) is 0. The third kappa shape index (κ3) is 2.40. The molecule has 1 aromatic carbocycles. The van der Waals surface area contributed by atoms with Crippen molar-refractivity contribution < 1.29 is 4.79 Å². The van der Waals surface area contributed by atoms with Gasteiger partial charge in [0.2, 0.25) is 0 Å². The molecule has 1 aliphatic rings. The van der Waals surface area contributed by atoms with Crippen LogP contribution >= 0.6 is 0 Å². The molecule has 94 valence electrons. The van der Waals surface area contributed by atoms with Crippen molar-refractivity contribution in [1.82, 2.24) is 10.4 Å². The summed E-state index contributed by atoms with van der Waals surface area (Å²) in [7, 11) is 0. The second kappa shape index (κ2) is 4.81. The number of amides is 1. The molecule has 1 amide bonds. The molecule has 3 rings (SSSR count). The first kappa shape index (κ1) is 11.3. The van der Waals surface area contributed by atoms with Gasteiger partial charge in [-0.2, -0.15) is 5.10 Å². The lowest BCUT2D eigenvalue weighted by Gasteiger charge is -2.05. The van der Waals surface area contributed by atoms with Crippen LogP contribution in [0.25, 0.3) is 6.08 Å². The van der Waals surface area contributed by atoms with Crippen molar-refractivity contribution in [2.45, 2.75) is 0 Å². The molecule has 0 radical (unpaired) electrons. The van der Waals surface area contributed by atoms with E-state index >= 15 is 0 Å². The zero-order valence-electron chi connectivity index (χ0n) is 10.1. The first-order chi connectivity index (χ1) is 9.33. The average Bonchev–Trinajstić information content (AvgIpc) is 3.05. The van der Waals surface area contributed by atoms with Gasteiger partial charge in [0.05, 0.1) is 5.57 Å². The van der Waals surface area contributed by atoms with Gasteiger partial charge in [-0.1, -0.05) is 18.2 Å². The van der Waals surface area contributed by atoms with Crippen molar-refractivity contribution in [2.75, 3.05) is 5.32 Å². The summed E-state index contributed by atoms with van der Waals surface area (Å²) in [5.41, 5.74) is 4.70. The first-order valence-electron chi connectivity index (χ1n) is 5.88. The molecule has 1 aliphatic heterocycles. The van der Waals surface area contributed by atoms with Crippen molar-refractivity contribution in [3.8, 4) is 0 Å². The molecule has 5 heteroatoms. The highest BCUT2D eigenvalue weighted by Gasteiger charge is 2.22. The Labute approximate surface area is 110 Å². The molecule has 0 atom stereocenters. The van der Waals surface area contributed by atoms with E-state index in [9.17, 15) is 4.79 Å². The molecule has 0 spiro atoms. The second-order valence-electron chi connectivity index (χ2n) is 4.08. The number of hydrazone groups is 1. The summed E-state index contributed by atoms with van der Waals surface area (Å²) in [5, 5.41) is 7.12. The van der Waals surface area contributed by atoms with E-state index < -0.39 is 0 Å². The van der Waals surface area contributed by atoms with E-state index in [-0.39, 0.29) is 5.91 Å². The Balaban J connectivity index is 1.87. The molecule has 3 N–H and O–H groups in total. The van der Waals surface area contributed by atoms with Gasteiger partial charge in [0, 0.05) is 17.6 Å². The molecule has 0 saturated heterocycles. The fourth-order valence-electron chi connectivity index (χ4n) is 1.81. The van der Waals surface area contributed by atoms with Crippen LogP contribution < -0.4 is 10.7 Å². The minimum Gasteiger partial charge on any atom is -0.362 e.